The van der Waals surface area contributed by atoms with E-state index in [2.05, 4.69) is 24.3 Å². The van der Waals surface area contributed by atoms with Gasteiger partial charge in [-0.3, -0.25) is 4.79 Å². The average Bonchev–Trinajstić information content (AvgIpc) is 2.65. The molecule has 6 heteroatoms. The third kappa shape index (κ3) is 3.81. The summed E-state index contributed by atoms with van der Waals surface area (Å²) in [7, 11) is 1.78. The van der Waals surface area contributed by atoms with E-state index in [-0.39, 0.29) is 12.0 Å². The Labute approximate surface area is 174 Å². The number of fused-ring (bicyclic) bond motifs is 1. The van der Waals surface area contributed by atoms with Crippen LogP contribution in [0.5, 0.6) is 0 Å². The van der Waals surface area contributed by atoms with Gasteiger partial charge < -0.3 is 14.7 Å². The minimum absolute atomic E-state index is 0.102. The van der Waals surface area contributed by atoms with Gasteiger partial charge in [-0.05, 0) is 55.2 Å². The van der Waals surface area contributed by atoms with Crippen LogP contribution in [-0.4, -0.2) is 30.8 Å². The number of ether oxygens (including phenoxy) is 1. The first-order valence-corrected chi connectivity index (χ1v) is 10.7. The maximum absolute atomic E-state index is 12.0. The standard InChI is InChI=1S/C22H24ClNO3S/c1-22(13-16(25)8-9-27-22)15-4-3-5-17(11-15)28-18-10-14-6-7-20(26)24(2)21(14)19(23)12-18/h3-5,10-12,16,25H,6-9,13H2,1-2H3. The Morgan fingerprint density at radius 2 is 2.07 bits per heavy atom. The number of benzene rings is 2. The number of halogens is 1. The molecule has 148 valence electrons. The number of carbonyl (C=O) groups excluding carboxylic acids is 1. The number of nitrogens with zero attached hydrogens (tertiary/aromatic N) is 1. The smallest absolute Gasteiger partial charge is 0.227 e. The lowest BCUT2D eigenvalue weighted by Gasteiger charge is -2.37. The van der Waals surface area contributed by atoms with Crippen molar-refractivity contribution in [3.8, 4) is 0 Å². The minimum atomic E-state index is -0.467. The highest BCUT2D eigenvalue weighted by Crippen LogP contribution is 2.41. The molecule has 0 bridgehead atoms. The summed E-state index contributed by atoms with van der Waals surface area (Å²) >= 11 is 8.16. The first-order valence-electron chi connectivity index (χ1n) is 9.55. The van der Waals surface area contributed by atoms with Crippen LogP contribution < -0.4 is 4.90 Å². The van der Waals surface area contributed by atoms with E-state index in [0.29, 0.717) is 30.9 Å². The zero-order valence-electron chi connectivity index (χ0n) is 16.1. The number of amides is 1. The molecule has 0 spiro atoms. The second-order valence-corrected chi connectivity index (χ2v) is 9.28. The van der Waals surface area contributed by atoms with Crippen molar-refractivity contribution in [3.63, 3.8) is 0 Å². The second kappa shape index (κ2) is 7.71. The van der Waals surface area contributed by atoms with Crippen molar-refractivity contribution in [2.45, 2.75) is 54.1 Å². The first kappa shape index (κ1) is 19.8. The average molecular weight is 418 g/mol. The van der Waals surface area contributed by atoms with E-state index in [1.807, 2.05) is 19.1 Å². The maximum atomic E-state index is 12.0. The number of aliphatic hydroxyl groups is 1. The number of aryl methyl sites for hydroxylation is 1. The molecule has 1 N–H and O–H groups in total. The third-order valence-corrected chi connectivity index (χ3v) is 6.86. The molecule has 2 atom stereocenters. The van der Waals surface area contributed by atoms with Crippen LogP contribution in [0.25, 0.3) is 0 Å². The zero-order chi connectivity index (χ0) is 19.9. The Hall–Kier alpha value is -1.53. The summed E-state index contributed by atoms with van der Waals surface area (Å²) in [4.78, 5) is 15.8. The number of hydrogen-bond donors (Lipinski definition) is 1. The number of carbonyl (C=O) groups is 1. The van der Waals surface area contributed by atoms with Crippen molar-refractivity contribution in [2.75, 3.05) is 18.6 Å². The van der Waals surface area contributed by atoms with Gasteiger partial charge in [-0.1, -0.05) is 35.5 Å². The Balaban J connectivity index is 1.60. The summed E-state index contributed by atoms with van der Waals surface area (Å²) in [5.74, 6) is 0.102. The van der Waals surface area contributed by atoms with Gasteiger partial charge in [0, 0.05) is 29.7 Å². The van der Waals surface area contributed by atoms with Crippen LogP contribution >= 0.6 is 23.4 Å². The Bertz CT molecular complexity index is 919. The predicted molar refractivity (Wildman–Crippen MR) is 112 cm³/mol. The lowest BCUT2D eigenvalue weighted by Crippen LogP contribution is -2.37. The molecule has 1 amide bonds. The molecule has 2 aliphatic rings. The fourth-order valence-corrected chi connectivity index (χ4v) is 5.46. The van der Waals surface area contributed by atoms with Gasteiger partial charge in [-0.15, -0.1) is 0 Å². The van der Waals surface area contributed by atoms with Gasteiger partial charge in [0.2, 0.25) is 5.91 Å². The molecule has 0 radical (unpaired) electrons. The molecule has 4 rings (SSSR count). The second-order valence-electron chi connectivity index (χ2n) is 7.72. The van der Waals surface area contributed by atoms with E-state index < -0.39 is 5.60 Å². The summed E-state index contributed by atoms with van der Waals surface area (Å²) in [6, 6.07) is 12.3. The topological polar surface area (TPSA) is 49.8 Å². The summed E-state index contributed by atoms with van der Waals surface area (Å²) in [6.07, 6.45) is 2.20. The predicted octanol–water partition coefficient (Wildman–Crippen LogP) is 4.79. The summed E-state index contributed by atoms with van der Waals surface area (Å²) in [5, 5.41) is 10.7. The van der Waals surface area contributed by atoms with E-state index in [0.717, 1.165) is 33.0 Å². The Kier molecular flexibility index (Phi) is 5.45. The summed E-state index contributed by atoms with van der Waals surface area (Å²) in [5.41, 5.74) is 2.54. The van der Waals surface area contributed by atoms with Gasteiger partial charge in [0.15, 0.2) is 0 Å². The maximum Gasteiger partial charge on any atom is 0.227 e. The van der Waals surface area contributed by atoms with Gasteiger partial charge in [-0.2, -0.15) is 0 Å². The van der Waals surface area contributed by atoms with E-state index in [4.69, 9.17) is 16.3 Å². The number of hydrogen-bond acceptors (Lipinski definition) is 4. The molecular formula is C22H24ClNO3S. The molecule has 2 aliphatic heterocycles. The fraction of sp³-hybridized carbons (Fsp3) is 0.409. The van der Waals surface area contributed by atoms with E-state index in [1.165, 1.54) is 0 Å². The van der Waals surface area contributed by atoms with Gasteiger partial charge in [-0.25, -0.2) is 0 Å². The van der Waals surface area contributed by atoms with Gasteiger partial charge in [0.1, 0.15) is 0 Å². The largest absolute Gasteiger partial charge is 0.393 e. The molecule has 0 aliphatic carbocycles. The van der Waals surface area contributed by atoms with Gasteiger partial charge in [0.05, 0.1) is 29.0 Å². The molecule has 1 saturated heterocycles. The van der Waals surface area contributed by atoms with Crippen LogP contribution in [0, 0.1) is 0 Å². The summed E-state index contributed by atoms with van der Waals surface area (Å²) < 4.78 is 6.01. The van der Waals surface area contributed by atoms with Crippen molar-refractivity contribution in [1.29, 1.82) is 0 Å². The van der Waals surface area contributed by atoms with Gasteiger partial charge in [0.25, 0.3) is 0 Å². The fourth-order valence-electron chi connectivity index (χ4n) is 4.04. The van der Waals surface area contributed by atoms with Crippen molar-refractivity contribution in [3.05, 3.63) is 52.5 Å². The molecule has 0 saturated carbocycles. The van der Waals surface area contributed by atoms with E-state index in [1.54, 1.807) is 23.7 Å². The number of rotatable bonds is 3. The van der Waals surface area contributed by atoms with Gasteiger partial charge >= 0.3 is 0 Å². The molecule has 1 fully saturated rings. The molecular weight excluding hydrogens is 394 g/mol. The molecule has 28 heavy (non-hydrogen) atoms. The van der Waals surface area contributed by atoms with Crippen molar-refractivity contribution >= 4 is 35.0 Å². The number of aliphatic hydroxyl groups excluding tert-OH is 1. The molecule has 2 aromatic rings. The van der Waals surface area contributed by atoms with Crippen LogP contribution in [-0.2, 0) is 21.6 Å². The van der Waals surface area contributed by atoms with Crippen molar-refractivity contribution in [2.24, 2.45) is 0 Å². The highest BCUT2D eigenvalue weighted by Gasteiger charge is 2.34. The van der Waals surface area contributed by atoms with Crippen molar-refractivity contribution < 1.29 is 14.6 Å². The lowest BCUT2D eigenvalue weighted by molar-refractivity contribution is -0.118. The van der Waals surface area contributed by atoms with Crippen LogP contribution in [0.15, 0.2) is 46.2 Å². The highest BCUT2D eigenvalue weighted by molar-refractivity contribution is 7.99. The normalized spacial score (nSPS) is 24.9. The van der Waals surface area contributed by atoms with E-state index in [9.17, 15) is 9.90 Å². The molecule has 2 heterocycles. The third-order valence-electron chi connectivity index (χ3n) is 5.61. The molecule has 2 aromatic carbocycles. The first-order chi connectivity index (χ1) is 13.4. The van der Waals surface area contributed by atoms with E-state index >= 15 is 0 Å². The monoisotopic (exact) mass is 417 g/mol. The quantitative estimate of drug-likeness (QED) is 0.780. The Morgan fingerprint density at radius 1 is 1.25 bits per heavy atom. The Morgan fingerprint density at radius 3 is 2.86 bits per heavy atom. The molecule has 2 unspecified atom stereocenters. The van der Waals surface area contributed by atoms with Crippen LogP contribution in [0.3, 0.4) is 0 Å². The summed E-state index contributed by atoms with van der Waals surface area (Å²) in [6.45, 7) is 2.61. The minimum Gasteiger partial charge on any atom is -0.393 e. The molecule has 4 nitrogen and oxygen atoms in total. The van der Waals surface area contributed by atoms with Crippen LogP contribution in [0.1, 0.15) is 37.3 Å². The van der Waals surface area contributed by atoms with Crippen LogP contribution in [0.2, 0.25) is 5.02 Å². The zero-order valence-corrected chi connectivity index (χ0v) is 17.6. The number of anilines is 1. The lowest BCUT2D eigenvalue weighted by atomic mass is 9.87. The SMILES string of the molecule is CN1C(=O)CCc2cc(Sc3cccc(C4(C)CC(O)CCO4)c3)cc(Cl)c21. The highest BCUT2D eigenvalue weighted by atomic mass is 35.5. The van der Waals surface area contributed by atoms with Crippen LogP contribution in [0.4, 0.5) is 5.69 Å². The van der Waals surface area contributed by atoms with Crippen molar-refractivity contribution in [1.82, 2.24) is 0 Å². The molecule has 0 aromatic heterocycles.